The van der Waals surface area contributed by atoms with Crippen LogP contribution in [0, 0.1) is 13.8 Å². The number of guanidine groups is 1. The highest BCUT2D eigenvalue weighted by Gasteiger charge is 2.23. The number of para-hydroxylation sites is 1. The van der Waals surface area contributed by atoms with E-state index in [2.05, 4.69) is 75.6 Å². The molecular weight excluding hydrogens is 336 g/mol. The minimum atomic E-state index is 0.430. The monoisotopic (exact) mass is 368 g/mol. The number of nitrogens with one attached hydrogen (secondary N) is 2. The Morgan fingerprint density at radius 1 is 1.26 bits per heavy atom. The lowest BCUT2D eigenvalue weighted by atomic mass is 10.3. The van der Waals surface area contributed by atoms with E-state index in [9.17, 15) is 0 Å². The van der Waals surface area contributed by atoms with Crippen molar-refractivity contribution in [3.8, 4) is 0 Å². The Morgan fingerprint density at radius 2 is 2.07 bits per heavy atom. The Kier molecular flexibility index (Phi) is 6.74. The van der Waals surface area contributed by atoms with Gasteiger partial charge >= 0.3 is 0 Å². The second-order valence-electron chi connectivity index (χ2n) is 7.18. The number of nitrogens with zero attached hydrogens (tertiary/aromatic N) is 4. The number of aryl methyl sites for hydroxylation is 3. The van der Waals surface area contributed by atoms with Gasteiger partial charge in [-0.15, -0.1) is 0 Å². The quantitative estimate of drug-likeness (QED) is 0.448. The van der Waals surface area contributed by atoms with Crippen LogP contribution >= 0.6 is 0 Å². The van der Waals surface area contributed by atoms with Crippen LogP contribution < -0.4 is 15.5 Å². The third-order valence-electron chi connectivity index (χ3n) is 4.90. The second kappa shape index (κ2) is 9.44. The molecule has 1 aliphatic heterocycles. The first-order valence-electron chi connectivity index (χ1n) is 10.0. The van der Waals surface area contributed by atoms with Gasteiger partial charge in [0.2, 0.25) is 0 Å². The number of anilines is 1. The molecule has 2 heterocycles. The summed E-state index contributed by atoms with van der Waals surface area (Å²) in [7, 11) is 0. The highest BCUT2D eigenvalue weighted by Crippen LogP contribution is 2.19. The summed E-state index contributed by atoms with van der Waals surface area (Å²) >= 11 is 0. The summed E-state index contributed by atoms with van der Waals surface area (Å²) in [5.74, 6) is 0.922. The van der Waals surface area contributed by atoms with Crippen molar-refractivity contribution >= 4 is 11.6 Å². The number of aromatic nitrogens is 2. The van der Waals surface area contributed by atoms with E-state index in [1.54, 1.807) is 0 Å². The van der Waals surface area contributed by atoms with Crippen LogP contribution in [0.4, 0.5) is 5.69 Å². The minimum Gasteiger partial charge on any atom is -0.369 e. The molecule has 0 spiro atoms. The zero-order valence-corrected chi connectivity index (χ0v) is 16.8. The summed E-state index contributed by atoms with van der Waals surface area (Å²) in [6.07, 6.45) is 2.12. The molecule has 3 rings (SSSR count). The standard InChI is InChI=1S/C21H32N6/c1-4-22-21(23-12-8-13-27-18(3)15-17(2)25-27)24-19-11-14-26(16-19)20-9-6-5-7-10-20/h5-7,9-10,15,19H,4,8,11-14,16H2,1-3H3,(H2,22,23,24). The molecule has 0 radical (unpaired) electrons. The van der Waals surface area contributed by atoms with Crippen LogP contribution in [0.3, 0.4) is 0 Å². The Balaban J connectivity index is 1.48. The molecule has 2 N–H and O–H groups in total. The predicted octanol–water partition coefficient (Wildman–Crippen LogP) is 2.72. The van der Waals surface area contributed by atoms with Crippen molar-refractivity contribution in [2.75, 3.05) is 31.1 Å². The lowest BCUT2D eigenvalue weighted by molar-refractivity contribution is 0.565. The van der Waals surface area contributed by atoms with Gasteiger partial charge in [-0.2, -0.15) is 5.10 Å². The fraction of sp³-hybridized carbons (Fsp3) is 0.524. The van der Waals surface area contributed by atoms with Crippen LogP contribution in [-0.4, -0.2) is 48.0 Å². The van der Waals surface area contributed by atoms with Gasteiger partial charge in [0.1, 0.15) is 0 Å². The van der Waals surface area contributed by atoms with Gasteiger partial charge in [-0.25, -0.2) is 0 Å². The largest absolute Gasteiger partial charge is 0.369 e. The molecule has 1 aliphatic rings. The zero-order chi connectivity index (χ0) is 19.1. The molecule has 1 aromatic carbocycles. The topological polar surface area (TPSA) is 57.5 Å². The first-order valence-corrected chi connectivity index (χ1v) is 10.0. The van der Waals surface area contributed by atoms with Gasteiger partial charge in [-0.1, -0.05) is 18.2 Å². The van der Waals surface area contributed by atoms with Crippen LogP contribution in [-0.2, 0) is 6.54 Å². The highest BCUT2D eigenvalue weighted by molar-refractivity contribution is 5.80. The fourth-order valence-electron chi connectivity index (χ4n) is 3.58. The number of hydrogen-bond donors (Lipinski definition) is 2. The highest BCUT2D eigenvalue weighted by atomic mass is 15.3. The van der Waals surface area contributed by atoms with E-state index in [1.807, 2.05) is 6.92 Å². The fourth-order valence-corrected chi connectivity index (χ4v) is 3.58. The van der Waals surface area contributed by atoms with E-state index in [0.29, 0.717) is 6.04 Å². The van der Waals surface area contributed by atoms with Crippen molar-refractivity contribution in [1.82, 2.24) is 20.4 Å². The van der Waals surface area contributed by atoms with Crippen LogP contribution in [0.15, 0.2) is 41.4 Å². The Hall–Kier alpha value is -2.50. The van der Waals surface area contributed by atoms with Crippen LogP contribution in [0.5, 0.6) is 0 Å². The molecular formula is C21H32N6. The molecule has 6 nitrogen and oxygen atoms in total. The Labute approximate surface area is 162 Å². The van der Waals surface area contributed by atoms with Gasteiger partial charge in [0.15, 0.2) is 5.96 Å². The van der Waals surface area contributed by atoms with E-state index in [1.165, 1.54) is 11.4 Å². The average Bonchev–Trinajstić information content (AvgIpc) is 3.25. The van der Waals surface area contributed by atoms with Crippen LogP contribution in [0.1, 0.15) is 31.2 Å². The first-order chi connectivity index (χ1) is 13.2. The molecule has 0 bridgehead atoms. The molecule has 1 saturated heterocycles. The zero-order valence-electron chi connectivity index (χ0n) is 16.8. The SMILES string of the molecule is CCNC(=NCCCn1nc(C)cc1C)NC1CCN(c2ccccc2)C1. The second-order valence-corrected chi connectivity index (χ2v) is 7.18. The smallest absolute Gasteiger partial charge is 0.191 e. The molecule has 2 aromatic rings. The lowest BCUT2D eigenvalue weighted by Crippen LogP contribution is -2.44. The van der Waals surface area contributed by atoms with Crippen molar-refractivity contribution in [1.29, 1.82) is 0 Å². The van der Waals surface area contributed by atoms with Gasteiger partial charge in [-0.3, -0.25) is 9.67 Å². The van der Waals surface area contributed by atoms with Gasteiger partial charge in [0, 0.05) is 50.1 Å². The van der Waals surface area contributed by atoms with E-state index in [-0.39, 0.29) is 0 Å². The van der Waals surface area contributed by atoms with Gasteiger partial charge < -0.3 is 15.5 Å². The molecule has 27 heavy (non-hydrogen) atoms. The molecule has 6 heteroatoms. The number of benzene rings is 1. The molecule has 0 aliphatic carbocycles. The third-order valence-corrected chi connectivity index (χ3v) is 4.90. The lowest BCUT2D eigenvalue weighted by Gasteiger charge is -2.20. The molecule has 1 fully saturated rings. The average molecular weight is 369 g/mol. The molecule has 1 aromatic heterocycles. The maximum atomic E-state index is 4.76. The summed E-state index contributed by atoms with van der Waals surface area (Å²) in [4.78, 5) is 7.20. The van der Waals surface area contributed by atoms with Gasteiger partial charge in [0.25, 0.3) is 0 Å². The van der Waals surface area contributed by atoms with E-state index in [0.717, 1.165) is 57.2 Å². The van der Waals surface area contributed by atoms with E-state index < -0.39 is 0 Å². The number of aliphatic imine (C=N–C) groups is 1. The molecule has 146 valence electrons. The first kappa shape index (κ1) is 19.3. The molecule has 1 atom stereocenters. The van der Waals surface area contributed by atoms with Crippen LogP contribution in [0.25, 0.3) is 0 Å². The van der Waals surface area contributed by atoms with Crippen molar-refractivity contribution in [2.45, 2.75) is 46.2 Å². The summed E-state index contributed by atoms with van der Waals surface area (Å²) in [6.45, 7) is 10.9. The molecule has 1 unspecified atom stereocenters. The van der Waals surface area contributed by atoms with Crippen molar-refractivity contribution in [3.05, 3.63) is 47.8 Å². The van der Waals surface area contributed by atoms with Crippen LogP contribution in [0.2, 0.25) is 0 Å². The van der Waals surface area contributed by atoms with Crippen molar-refractivity contribution < 1.29 is 0 Å². The summed E-state index contributed by atoms with van der Waals surface area (Å²) in [6, 6.07) is 13.2. The normalized spacial score (nSPS) is 17.4. The maximum absolute atomic E-state index is 4.76. The van der Waals surface area contributed by atoms with E-state index in [4.69, 9.17) is 4.99 Å². The summed E-state index contributed by atoms with van der Waals surface area (Å²) in [5.41, 5.74) is 3.59. The Morgan fingerprint density at radius 3 is 2.78 bits per heavy atom. The maximum Gasteiger partial charge on any atom is 0.191 e. The Bertz CT molecular complexity index is 736. The molecule has 0 saturated carbocycles. The van der Waals surface area contributed by atoms with Crippen molar-refractivity contribution in [3.63, 3.8) is 0 Å². The minimum absolute atomic E-state index is 0.430. The van der Waals surface area contributed by atoms with Crippen molar-refractivity contribution in [2.24, 2.45) is 4.99 Å². The predicted molar refractivity (Wildman–Crippen MR) is 112 cm³/mol. The summed E-state index contributed by atoms with van der Waals surface area (Å²) in [5, 5.41) is 11.5. The number of hydrogen-bond acceptors (Lipinski definition) is 3. The van der Waals surface area contributed by atoms with E-state index >= 15 is 0 Å². The summed E-state index contributed by atoms with van der Waals surface area (Å²) < 4.78 is 2.07. The number of rotatable bonds is 7. The van der Waals surface area contributed by atoms with Gasteiger partial charge in [0.05, 0.1) is 5.69 Å². The van der Waals surface area contributed by atoms with Gasteiger partial charge in [-0.05, 0) is 51.8 Å². The molecule has 0 amide bonds. The third kappa shape index (κ3) is 5.49.